The Bertz CT molecular complexity index is 535. The van der Waals surface area contributed by atoms with Crippen LogP contribution in [-0.2, 0) is 4.74 Å². The number of carbonyl (C=O) groups is 1. The average Bonchev–Trinajstić information content (AvgIpc) is 2.54. The number of nitrogens with one attached hydrogen (secondary N) is 1. The second-order valence-electron chi connectivity index (χ2n) is 5.74. The van der Waals surface area contributed by atoms with E-state index in [-0.39, 0.29) is 13.2 Å². The number of hydrogen-bond donors (Lipinski definition) is 2. The third-order valence-corrected chi connectivity index (χ3v) is 2.75. The number of ether oxygens (including phenoxy) is 1. The first-order valence-corrected chi connectivity index (χ1v) is 8.49. The highest BCUT2D eigenvalue weighted by molar-refractivity contribution is 6.30. The largest absolute Gasteiger partial charge is 0.444 e. The molecular weight excluding hydrogens is 361 g/mol. The van der Waals surface area contributed by atoms with E-state index in [2.05, 4.69) is 5.32 Å². The van der Waals surface area contributed by atoms with Gasteiger partial charge < -0.3 is 15.2 Å². The Morgan fingerprint density at radius 1 is 0.960 bits per heavy atom. The number of benzene rings is 2. The molecule has 0 fully saturated rings. The summed E-state index contributed by atoms with van der Waals surface area (Å²) < 4.78 is 4.88. The summed E-state index contributed by atoms with van der Waals surface area (Å²) in [7, 11) is 0. The zero-order valence-electron chi connectivity index (χ0n) is 14.7. The molecule has 0 aliphatic heterocycles. The van der Waals surface area contributed by atoms with Crippen molar-refractivity contribution in [1.29, 1.82) is 0 Å². The van der Waals surface area contributed by atoms with Crippen LogP contribution in [0.1, 0.15) is 20.8 Å². The maximum atomic E-state index is 10.8. The number of rotatable bonds is 2. The molecule has 6 heteroatoms. The molecule has 2 N–H and O–H groups in total. The van der Waals surface area contributed by atoms with Crippen molar-refractivity contribution in [1.82, 2.24) is 5.32 Å². The normalized spacial score (nSPS) is 9.68. The molecule has 2 rings (SSSR count). The Labute approximate surface area is 159 Å². The Morgan fingerprint density at radius 3 is 1.60 bits per heavy atom. The molecule has 0 radical (unpaired) electrons. The summed E-state index contributed by atoms with van der Waals surface area (Å²) in [6, 6.07) is 18.9. The van der Waals surface area contributed by atoms with E-state index in [9.17, 15) is 4.79 Å². The van der Waals surface area contributed by atoms with E-state index in [1.54, 1.807) is 20.8 Å². The summed E-state index contributed by atoms with van der Waals surface area (Å²) in [6.45, 7) is 5.51. The summed E-state index contributed by atoms with van der Waals surface area (Å²) in [5.41, 5.74) is -0.473. The number of carbonyl (C=O) groups excluding carboxylic acids is 1. The van der Waals surface area contributed by atoms with Gasteiger partial charge in [-0.3, -0.25) is 0 Å². The third kappa shape index (κ3) is 16.9. The van der Waals surface area contributed by atoms with Crippen LogP contribution in [-0.4, -0.2) is 30.0 Å². The van der Waals surface area contributed by atoms with Crippen molar-refractivity contribution in [2.24, 2.45) is 0 Å². The molecule has 4 nitrogen and oxygen atoms in total. The molecule has 1 amide bonds. The van der Waals surface area contributed by atoms with E-state index in [4.69, 9.17) is 33.0 Å². The minimum Gasteiger partial charge on any atom is -0.444 e. The molecule has 0 spiro atoms. The summed E-state index contributed by atoms with van der Waals surface area (Å²) >= 11 is 11.1. The summed E-state index contributed by atoms with van der Waals surface area (Å²) in [5, 5.41) is 12.3. The van der Waals surface area contributed by atoms with E-state index in [1.807, 2.05) is 60.7 Å². The van der Waals surface area contributed by atoms with Crippen LogP contribution in [0.3, 0.4) is 0 Å². The van der Waals surface area contributed by atoms with Crippen LogP contribution in [0.5, 0.6) is 0 Å². The fourth-order valence-electron chi connectivity index (χ4n) is 1.30. The number of aliphatic hydroxyl groups excluding tert-OH is 1. The zero-order valence-corrected chi connectivity index (χ0v) is 16.2. The molecule has 0 aromatic heterocycles. The van der Waals surface area contributed by atoms with Gasteiger partial charge >= 0.3 is 6.09 Å². The van der Waals surface area contributed by atoms with Gasteiger partial charge in [0.05, 0.1) is 6.61 Å². The van der Waals surface area contributed by atoms with Crippen LogP contribution in [0, 0.1) is 0 Å². The highest BCUT2D eigenvalue weighted by Gasteiger charge is 2.14. The van der Waals surface area contributed by atoms with Gasteiger partial charge in [0.15, 0.2) is 0 Å². The van der Waals surface area contributed by atoms with Crippen molar-refractivity contribution in [3.8, 4) is 0 Å². The van der Waals surface area contributed by atoms with E-state index in [1.165, 1.54) is 0 Å². The summed E-state index contributed by atoms with van der Waals surface area (Å²) in [6.07, 6.45) is -0.494. The minimum atomic E-state index is -0.494. The Balaban J connectivity index is 0.000000358. The van der Waals surface area contributed by atoms with Gasteiger partial charge in [-0.25, -0.2) is 4.79 Å². The maximum Gasteiger partial charge on any atom is 0.407 e. The summed E-state index contributed by atoms with van der Waals surface area (Å²) in [5.74, 6) is 0. The molecule has 0 saturated heterocycles. The number of amides is 1. The molecule has 0 saturated carbocycles. The van der Waals surface area contributed by atoms with Gasteiger partial charge in [-0.15, -0.1) is 0 Å². The van der Waals surface area contributed by atoms with Gasteiger partial charge in [0, 0.05) is 16.6 Å². The Kier molecular flexibility index (Phi) is 12.6. The van der Waals surface area contributed by atoms with Crippen LogP contribution in [0.25, 0.3) is 0 Å². The SMILES string of the molecule is CC(C)(C)OC(=O)NCCO.Clc1ccccc1.Clc1ccccc1. The Morgan fingerprint density at radius 2 is 1.36 bits per heavy atom. The van der Waals surface area contributed by atoms with Crippen LogP contribution in [0.2, 0.25) is 10.0 Å². The second kappa shape index (κ2) is 13.5. The van der Waals surface area contributed by atoms with Gasteiger partial charge in [-0.1, -0.05) is 59.6 Å². The number of aliphatic hydroxyl groups is 1. The molecule has 25 heavy (non-hydrogen) atoms. The van der Waals surface area contributed by atoms with Crippen molar-refractivity contribution < 1.29 is 14.6 Å². The van der Waals surface area contributed by atoms with Crippen LogP contribution >= 0.6 is 23.2 Å². The topological polar surface area (TPSA) is 58.6 Å². The highest BCUT2D eigenvalue weighted by Crippen LogP contribution is 2.06. The van der Waals surface area contributed by atoms with Crippen LogP contribution < -0.4 is 5.32 Å². The van der Waals surface area contributed by atoms with Gasteiger partial charge in [0.2, 0.25) is 0 Å². The first-order chi connectivity index (χ1) is 11.7. The van der Waals surface area contributed by atoms with Crippen LogP contribution in [0.15, 0.2) is 60.7 Å². The second-order valence-corrected chi connectivity index (χ2v) is 6.62. The van der Waals surface area contributed by atoms with E-state index in [0.717, 1.165) is 10.0 Å². The molecule has 0 bridgehead atoms. The fraction of sp³-hybridized carbons (Fsp3) is 0.316. The molecule has 2 aromatic rings. The molecule has 138 valence electrons. The van der Waals surface area contributed by atoms with Gasteiger partial charge in [-0.2, -0.15) is 0 Å². The lowest BCUT2D eigenvalue weighted by Gasteiger charge is -2.19. The minimum absolute atomic E-state index is 0.0702. The first kappa shape index (κ1) is 23.2. The molecule has 0 atom stereocenters. The predicted octanol–water partition coefficient (Wildman–Crippen LogP) is 5.18. The first-order valence-electron chi connectivity index (χ1n) is 7.73. The quantitative estimate of drug-likeness (QED) is 0.747. The predicted molar refractivity (Wildman–Crippen MR) is 104 cm³/mol. The van der Waals surface area contributed by atoms with Crippen molar-refractivity contribution in [3.05, 3.63) is 70.7 Å². The number of hydrogen-bond acceptors (Lipinski definition) is 3. The van der Waals surface area contributed by atoms with Crippen molar-refractivity contribution in [2.75, 3.05) is 13.2 Å². The molecule has 0 heterocycles. The molecule has 2 aromatic carbocycles. The molecular formula is C19H25Cl2NO3. The van der Waals surface area contributed by atoms with Crippen molar-refractivity contribution in [3.63, 3.8) is 0 Å². The fourth-order valence-corrected chi connectivity index (χ4v) is 1.59. The lowest BCUT2D eigenvalue weighted by molar-refractivity contribution is 0.0518. The number of alkyl carbamates (subject to hydrolysis) is 1. The zero-order chi connectivity index (χ0) is 19.1. The highest BCUT2D eigenvalue weighted by atomic mass is 35.5. The summed E-state index contributed by atoms with van der Waals surface area (Å²) in [4.78, 5) is 10.8. The maximum absolute atomic E-state index is 10.8. The van der Waals surface area contributed by atoms with Gasteiger partial charge in [-0.05, 0) is 45.0 Å². The lowest BCUT2D eigenvalue weighted by atomic mass is 10.2. The average molecular weight is 386 g/mol. The Hall–Kier alpha value is -1.75. The third-order valence-electron chi connectivity index (χ3n) is 2.25. The van der Waals surface area contributed by atoms with E-state index < -0.39 is 11.7 Å². The number of halogens is 2. The van der Waals surface area contributed by atoms with Gasteiger partial charge in [0.25, 0.3) is 0 Å². The van der Waals surface area contributed by atoms with Crippen molar-refractivity contribution >= 4 is 29.3 Å². The van der Waals surface area contributed by atoms with E-state index in [0.29, 0.717) is 0 Å². The van der Waals surface area contributed by atoms with Gasteiger partial charge in [0.1, 0.15) is 5.60 Å². The van der Waals surface area contributed by atoms with E-state index >= 15 is 0 Å². The monoisotopic (exact) mass is 385 g/mol. The molecule has 0 aliphatic carbocycles. The molecule has 0 aliphatic rings. The lowest BCUT2D eigenvalue weighted by Crippen LogP contribution is -2.33. The van der Waals surface area contributed by atoms with Crippen molar-refractivity contribution in [2.45, 2.75) is 26.4 Å². The standard InChI is InChI=1S/C7H15NO3.2C6H5Cl/c1-7(2,3)11-6(10)8-4-5-9;2*7-6-4-2-1-3-5-6/h9H,4-5H2,1-3H3,(H,8,10);2*1-5H. The van der Waals surface area contributed by atoms with Crippen LogP contribution in [0.4, 0.5) is 4.79 Å². The molecule has 0 unspecified atom stereocenters. The smallest absolute Gasteiger partial charge is 0.407 e.